The summed E-state index contributed by atoms with van der Waals surface area (Å²) in [6.07, 6.45) is 6.75. The quantitative estimate of drug-likeness (QED) is 0.217. The van der Waals surface area contributed by atoms with Gasteiger partial charge in [0.2, 0.25) is 5.91 Å². The number of hydrogen-bond donors (Lipinski definition) is 1. The number of rotatable bonds is 14. The van der Waals surface area contributed by atoms with Crippen LogP contribution in [0.4, 0.5) is 9.59 Å². The molecule has 1 fully saturated rings. The van der Waals surface area contributed by atoms with Crippen LogP contribution >= 0.6 is 0 Å². The first-order valence-electron chi connectivity index (χ1n) is 16.6. The number of nitrogens with zero attached hydrogens (tertiary/aromatic N) is 2. The Bertz CT molecular complexity index is 1150. The molecule has 1 atom stereocenters. The highest BCUT2D eigenvalue weighted by Crippen LogP contribution is 2.43. The van der Waals surface area contributed by atoms with E-state index in [0.29, 0.717) is 6.42 Å². The molecule has 0 spiro atoms. The number of carbonyl (C=O) groups excluding carboxylic acids is 3. The van der Waals surface area contributed by atoms with Gasteiger partial charge in [-0.15, -0.1) is 0 Å². The molecule has 45 heavy (non-hydrogen) atoms. The molecule has 3 rings (SSSR count). The first kappa shape index (κ1) is 36.1. The van der Waals surface area contributed by atoms with Crippen LogP contribution in [-0.2, 0) is 19.7 Å². The zero-order valence-electron chi connectivity index (χ0n) is 28.3. The van der Waals surface area contributed by atoms with Gasteiger partial charge in [-0.05, 0) is 90.9 Å². The minimum atomic E-state index is -0.847. The molecule has 0 bridgehead atoms. The molecule has 2 aromatic carbocycles. The van der Waals surface area contributed by atoms with Crippen molar-refractivity contribution in [2.75, 3.05) is 26.2 Å². The lowest BCUT2D eigenvalue weighted by Gasteiger charge is -2.37. The number of ether oxygens (including phenoxy) is 2. The van der Waals surface area contributed by atoms with Crippen molar-refractivity contribution in [2.24, 2.45) is 11.7 Å². The topological polar surface area (TPSA) is 102 Å². The monoisotopic (exact) mass is 621 g/mol. The second-order valence-electron chi connectivity index (χ2n) is 14.3. The number of carbonyl (C=O) groups is 3. The van der Waals surface area contributed by atoms with Gasteiger partial charge in [-0.2, -0.15) is 0 Å². The van der Waals surface area contributed by atoms with Gasteiger partial charge in [0.05, 0.1) is 0 Å². The Kier molecular flexibility index (Phi) is 13.0. The number of unbranched alkanes of at least 4 members (excludes halogenated alkanes) is 6. The van der Waals surface area contributed by atoms with E-state index < -0.39 is 28.8 Å². The molecule has 0 aliphatic carbocycles. The van der Waals surface area contributed by atoms with E-state index in [9.17, 15) is 14.4 Å². The molecule has 8 nitrogen and oxygen atoms in total. The van der Waals surface area contributed by atoms with Crippen molar-refractivity contribution in [3.8, 4) is 0 Å². The average Bonchev–Trinajstić information content (AvgIpc) is 3.42. The maximum atomic E-state index is 13.3. The molecule has 248 valence electrons. The fourth-order valence-corrected chi connectivity index (χ4v) is 6.30. The molecule has 1 saturated heterocycles. The first-order valence-corrected chi connectivity index (χ1v) is 16.6. The summed E-state index contributed by atoms with van der Waals surface area (Å²) in [6.45, 7) is 13.8. The van der Waals surface area contributed by atoms with E-state index in [-0.39, 0.29) is 18.4 Å². The van der Waals surface area contributed by atoms with Gasteiger partial charge in [-0.3, -0.25) is 4.79 Å². The van der Waals surface area contributed by atoms with Crippen molar-refractivity contribution < 1.29 is 23.9 Å². The van der Waals surface area contributed by atoms with Gasteiger partial charge in [-0.1, -0.05) is 92.8 Å². The molecule has 1 aliphatic heterocycles. The van der Waals surface area contributed by atoms with Gasteiger partial charge in [0.15, 0.2) is 0 Å². The SMILES string of the molecule is CC(C)(C)OC(=O)N(CCCCCCCCCN1CC[C@@H](C(C(N)=O)(c2ccccc2)c2ccccc2)C1)C(=O)OC(C)(C)C. The van der Waals surface area contributed by atoms with Gasteiger partial charge in [0.25, 0.3) is 0 Å². The van der Waals surface area contributed by atoms with Crippen LogP contribution in [0.2, 0.25) is 0 Å². The van der Waals surface area contributed by atoms with E-state index in [0.717, 1.165) is 80.6 Å². The molecule has 2 N–H and O–H groups in total. The molecule has 1 aliphatic rings. The molecule has 0 aromatic heterocycles. The molecule has 0 radical (unpaired) electrons. The molecule has 0 saturated carbocycles. The third-order valence-corrected chi connectivity index (χ3v) is 8.32. The van der Waals surface area contributed by atoms with Crippen LogP contribution in [0.3, 0.4) is 0 Å². The van der Waals surface area contributed by atoms with Gasteiger partial charge >= 0.3 is 12.2 Å². The zero-order chi connectivity index (χ0) is 33.1. The Morgan fingerprint density at radius 1 is 0.733 bits per heavy atom. The second kappa shape index (κ2) is 16.3. The lowest BCUT2D eigenvalue weighted by atomic mass is 9.64. The summed E-state index contributed by atoms with van der Waals surface area (Å²) < 4.78 is 10.9. The highest BCUT2D eigenvalue weighted by molar-refractivity contribution is 5.91. The van der Waals surface area contributed by atoms with E-state index in [1.165, 1.54) is 0 Å². The number of imide groups is 1. The smallest absolute Gasteiger partial charge is 0.419 e. The number of amides is 3. The van der Waals surface area contributed by atoms with Gasteiger partial charge < -0.3 is 20.1 Å². The summed E-state index contributed by atoms with van der Waals surface area (Å²) in [5.74, 6) is -0.173. The summed E-state index contributed by atoms with van der Waals surface area (Å²) in [6, 6.07) is 20.0. The summed E-state index contributed by atoms with van der Waals surface area (Å²) in [5, 5.41) is 0. The Morgan fingerprint density at radius 2 is 1.18 bits per heavy atom. The van der Waals surface area contributed by atoms with Gasteiger partial charge in [-0.25, -0.2) is 14.5 Å². The van der Waals surface area contributed by atoms with Crippen LogP contribution in [0, 0.1) is 5.92 Å². The van der Waals surface area contributed by atoms with Crippen LogP contribution in [0.5, 0.6) is 0 Å². The molecule has 0 unspecified atom stereocenters. The summed E-state index contributed by atoms with van der Waals surface area (Å²) >= 11 is 0. The Morgan fingerprint density at radius 3 is 1.62 bits per heavy atom. The van der Waals surface area contributed by atoms with Crippen molar-refractivity contribution in [3.05, 3.63) is 71.8 Å². The fourth-order valence-electron chi connectivity index (χ4n) is 6.30. The average molecular weight is 622 g/mol. The third-order valence-electron chi connectivity index (χ3n) is 8.32. The van der Waals surface area contributed by atoms with Crippen molar-refractivity contribution in [1.29, 1.82) is 0 Å². The second-order valence-corrected chi connectivity index (χ2v) is 14.3. The normalized spacial score (nSPS) is 15.9. The number of hydrogen-bond acceptors (Lipinski definition) is 6. The van der Waals surface area contributed by atoms with Crippen molar-refractivity contribution in [3.63, 3.8) is 0 Å². The molecule has 3 amide bonds. The van der Waals surface area contributed by atoms with Crippen molar-refractivity contribution in [1.82, 2.24) is 9.80 Å². The van der Waals surface area contributed by atoms with E-state index in [2.05, 4.69) is 4.90 Å². The predicted molar refractivity (Wildman–Crippen MR) is 179 cm³/mol. The number of nitrogens with two attached hydrogens (primary N) is 1. The summed E-state index contributed by atoms with van der Waals surface area (Å²) in [5.41, 5.74) is 5.94. The molecular formula is C37H55N3O5. The largest absolute Gasteiger partial charge is 0.443 e. The Hall–Kier alpha value is -3.39. The minimum Gasteiger partial charge on any atom is -0.443 e. The van der Waals surface area contributed by atoms with E-state index in [4.69, 9.17) is 15.2 Å². The summed E-state index contributed by atoms with van der Waals surface area (Å²) in [4.78, 5) is 42.2. The molecule has 2 aromatic rings. The van der Waals surface area contributed by atoms with Crippen LogP contribution < -0.4 is 5.73 Å². The van der Waals surface area contributed by atoms with E-state index >= 15 is 0 Å². The van der Waals surface area contributed by atoms with Crippen LogP contribution in [0.25, 0.3) is 0 Å². The molecular weight excluding hydrogens is 566 g/mol. The molecule has 8 heteroatoms. The zero-order valence-corrected chi connectivity index (χ0v) is 28.3. The Balaban J connectivity index is 1.43. The van der Waals surface area contributed by atoms with Gasteiger partial charge in [0.1, 0.15) is 16.6 Å². The Labute approximate surface area is 270 Å². The lowest BCUT2D eigenvalue weighted by molar-refractivity contribution is -0.123. The first-order chi connectivity index (χ1) is 21.2. The fraction of sp³-hybridized carbons (Fsp3) is 0.595. The van der Waals surface area contributed by atoms with Crippen LogP contribution in [-0.4, -0.2) is 65.3 Å². The van der Waals surface area contributed by atoms with Crippen molar-refractivity contribution >= 4 is 18.1 Å². The van der Waals surface area contributed by atoms with Gasteiger partial charge in [0, 0.05) is 13.1 Å². The van der Waals surface area contributed by atoms with Crippen LogP contribution in [0.1, 0.15) is 104 Å². The predicted octanol–water partition coefficient (Wildman–Crippen LogP) is 7.68. The minimum absolute atomic E-state index is 0.112. The molecule has 1 heterocycles. The third kappa shape index (κ3) is 10.6. The highest BCUT2D eigenvalue weighted by atomic mass is 16.6. The maximum Gasteiger partial charge on any atom is 0.419 e. The summed E-state index contributed by atoms with van der Waals surface area (Å²) in [7, 11) is 0. The van der Waals surface area contributed by atoms with Crippen LogP contribution in [0.15, 0.2) is 60.7 Å². The maximum absolute atomic E-state index is 13.3. The standard InChI is InChI=1S/C37H55N3O5/c1-35(2,3)44-33(42)40(34(43)45-36(4,5)6)26-19-11-9-7-8-10-18-25-39-27-24-31(28-39)37(32(38)41,29-20-14-12-15-21-29)30-22-16-13-17-23-30/h12-17,20-23,31H,7-11,18-19,24-28H2,1-6H3,(H2,38,41)/t31-/m1/s1. The van der Waals surface area contributed by atoms with Crippen molar-refractivity contribution in [2.45, 2.75) is 110 Å². The van der Waals surface area contributed by atoms with E-state index in [1.54, 1.807) is 41.5 Å². The highest BCUT2D eigenvalue weighted by Gasteiger charge is 2.49. The van der Waals surface area contributed by atoms with E-state index in [1.807, 2.05) is 60.7 Å². The number of likely N-dealkylation sites (tertiary alicyclic amines) is 1. The number of benzene rings is 2. The number of primary amides is 1. The lowest BCUT2D eigenvalue weighted by Crippen LogP contribution is -2.49.